The molecule has 1 N–H and O–H groups in total. The number of rotatable bonds is 5. The van der Waals surface area contributed by atoms with E-state index in [4.69, 9.17) is 5.11 Å². The lowest BCUT2D eigenvalue weighted by molar-refractivity contribution is 0.0684. The van der Waals surface area contributed by atoms with Crippen LogP contribution in [0.3, 0.4) is 0 Å². The quantitative estimate of drug-likeness (QED) is 0.844. The fourth-order valence-corrected chi connectivity index (χ4v) is 1.72. The van der Waals surface area contributed by atoms with Crippen LogP contribution in [-0.4, -0.2) is 30.4 Å². The second-order valence-electron chi connectivity index (χ2n) is 3.76. The average molecular weight is 234 g/mol. The van der Waals surface area contributed by atoms with Gasteiger partial charge in [0, 0.05) is 12.7 Å². The molecular formula is C11H14N4O2. The molecule has 0 saturated carbocycles. The van der Waals surface area contributed by atoms with Gasteiger partial charge in [-0.2, -0.15) is 5.10 Å². The summed E-state index contributed by atoms with van der Waals surface area (Å²) in [6.45, 7) is 3.38. The smallest absolute Gasteiger partial charge is 0.354 e. The van der Waals surface area contributed by atoms with Crippen molar-refractivity contribution in [2.75, 3.05) is 0 Å². The molecule has 2 rings (SSSR count). The van der Waals surface area contributed by atoms with Crippen molar-refractivity contribution in [3.8, 4) is 0 Å². The zero-order valence-electron chi connectivity index (χ0n) is 9.58. The molecule has 2 aromatic heterocycles. The predicted molar refractivity (Wildman–Crippen MR) is 60.8 cm³/mol. The molecule has 0 unspecified atom stereocenters. The fourth-order valence-electron chi connectivity index (χ4n) is 1.72. The summed E-state index contributed by atoms with van der Waals surface area (Å²) >= 11 is 0. The monoisotopic (exact) mass is 234 g/mol. The van der Waals surface area contributed by atoms with Crippen LogP contribution in [0.5, 0.6) is 0 Å². The zero-order valence-corrected chi connectivity index (χ0v) is 9.58. The van der Waals surface area contributed by atoms with Crippen molar-refractivity contribution < 1.29 is 9.90 Å². The Morgan fingerprint density at radius 2 is 2.35 bits per heavy atom. The maximum Gasteiger partial charge on any atom is 0.354 e. The summed E-state index contributed by atoms with van der Waals surface area (Å²) in [4.78, 5) is 15.0. The van der Waals surface area contributed by atoms with E-state index in [-0.39, 0.29) is 5.69 Å². The number of aromatic nitrogens is 4. The normalized spacial score (nSPS) is 10.6. The first-order valence-corrected chi connectivity index (χ1v) is 5.46. The summed E-state index contributed by atoms with van der Waals surface area (Å²) in [6.07, 6.45) is 5.99. The lowest BCUT2D eigenvalue weighted by atomic mass is 10.4. The van der Waals surface area contributed by atoms with Crippen LogP contribution in [0.4, 0.5) is 0 Å². The van der Waals surface area contributed by atoms with Crippen LogP contribution in [-0.2, 0) is 13.1 Å². The topological polar surface area (TPSA) is 72.9 Å². The van der Waals surface area contributed by atoms with Gasteiger partial charge in [-0.1, -0.05) is 6.92 Å². The van der Waals surface area contributed by atoms with E-state index in [1.54, 1.807) is 12.5 Å². The SMILES string of the molecule is CCCn1cncc1Cn1nccc1C(=O)O. The summed E-state index contributed by atoms with van der Waals surface area (Å²) in [7, 11) is 0. The van der Waals surface area contributed by atoms with Gasteiger partial charge in [0.05, 0.1) is 24.8 Å². The number of imidazole rings is 1. The second-order valence-corrected chi connectivity index (χ2v) is 3.76. The summed E-state index contributed by atoms with van der Waals surface area (Å²) in [5.41, 5.74) is 1.15. The summed E-state index contributed by atoms with van der Waals surface area (Å²) in [5.74, 6) is -0.968. The Morgan fingerprint density at radius 3 is 3.06 bits per heavy atom. The number of nitrogens with zero attached hydrogens (tertiary/aromatic N) is 4. The van der Waals surface area contributed by atoms with Crippen molar-refractivity contribution in [3.05, 3.63) is 36.2 Å². The molecule has 6 heteroatoms. The molecule has 0 saturated heterocycles. The van der Waals surface area contributed by atoms with E-state index in [2.05, 4.69) is 17.0 Å². The Morgan fingerprint density at radius 1 is 1.53 bits per heavy atom. The number of carboxylic acids is 1. The third-order valence-corrected chi connectivity index (χ3v) is 2.51. The van der Waals surface area contributed by atoms with Crippen molar-refractivity contribution >= 4 is 5.97 Å². The van der Waals surface area contributed by atoms with Gasteiger partial charge in [-0.3, -0.25) is 4.68 Å². The van der Waals surface area contributed by atoms with Gasteiger partial charge in [0.15, 0.2) is 0 Å². The van der Waals surface area contributed by atoms with Crippen LogP contribution in [0, 0.1) is 0 Å². The van der Waals surface area contributed by atoms with Crippen molar-refractivity contribution in [2.24, 2.45) is 0 Å². The molecule has 0 amide bonds. The molecule has 0 aliphatic rings. The Balaban J connectivity index is 2.22. The first kappa shape index (κ1) is 11.4. The van der Waals surface area contributed by atoms with Gasteiger partial charge in [0.1, 0.15) is 5.69 Å². The average Bonchev–Trinajstić information content (AvgIpc) is 2.89. The first-order chi connectivity index (χ1) is 8.22. The minimum atomic E-state index is -0.968. The number of carbonyl (C=O) groups is 1. The molecule has 2 aromatic rings. The number of aromatic carboxylic acids is 1. The highest BCUT2D eigenvalue weighted by molar-refractivity contribution is 5.85. The maximum atomic E-state index is 10.9. The lowest BCUT2D eigenvalue weighted by Gasteiger charge is -2.07. The lowest BCUT2D eigenvalue weighted by Crippen LogP contribution is -2.13. The van der Waals surface area contributed by atoms with E-state index >= 15 is 0 Å². The molecule has 0 bridgehead atoms. The zero-order chi connectivity index (χ0) is 12.3. The Kier molecular flexibility index (Phi) is 3.22. The summed E-state index contributed by atoms with van der Waals surface area (Å²) < 4.78 is 3.47. The molecule has 17 heavy (non-hydrogen) atoms. The van der Waals surface area contributed by atoms with Crippen LogP contribution in [0.1, 0.15) is 29.5 Å². The molecule has 0 spiro atoms. The third kappa shape index (κ3) is 2.35. The predicted octanol–water partition coefficient (Wildman–Crippen LogP) is 1.24. The number of hydrogen-bond donors (Lipinski definition) is 1. The minimum Gasteiger partial charge on any atom is -0.477 e. The van der Waals surface area contributed by atoms with Gasteiger partial charge in [-0.25, -0.2) is 9.78 Å². The van der Waals surface area contributed by atoms with Crippen LogP contribution >= 0.6 is 0 Å². The van der Waals surface area contributed by atoms with Crippen LogP contribution < -0.4 is 0 Å². The summed E-state index contributed by atoms with van der Waals surface area (Å²) in [5, 5.41) is 13.0. The highest BCUT2D eigenvalue weighted by atomic mass is 16.4. The van der Waals surface area contributed by atoms with Crippen LogP contribution in [0.2, 0.25) is 0 Å². The fraction of sp³-hybridized carbons (Fsp3) is 0.364. The first-order valence-electron chi connectivity index (χ1n) is 5.46. The van der Waals surface area contributed by atoms with Gasteiger partial charge in [-0.15, -0.1) is 0 Å². The van der Waals surface area contributed by atoms with Crippen molar-refractivity contribution in [1.29, 1.82) is 0 Å². The van der Waals surface area contributed by atoms with Gasteiger partial charge in [-0.05, 0) is 12.5 Å². The number of aryl methyl sites for hydroxylation is 1. The van der Waals surface area contributed by atoms with E-state index in [0.29, 0.717) is 6.54 Å². The molecular weight excluding hydrogens is 220 g/mol. The van der Waals surface area contributed by atoms with Gasteiger partial charge in [0.2, 0.25) is 0 Å². The van der Waals surface area contributed by atoms with Crippen molar-refractivity contribution in [3.63, 3.8) is 0 Å². The van der Waals surface area contributed by atoms with E-state index in [9.17, 15) is 4.79 Å². The second kappa shape index (κ2) is 4.82. The van der Waals surface area contributed by atoms with Gasteiger partial charge < -0.3 is 9.67 Å². The number of carboxylic acid groups (broad SMARTS) is 1. The van der Waals surface area contributed by atoms with Crippen LogP contribution in [0.15, 0.2) is 24.8 Å². The minimum absolute atomic E-state index is 0.189. The van der Waals surface area contributed by atoms with Gasteiger partial charge >= 0.3 is 5.97 Å². The van der Waals surface area contributed by atoms with E-state index in [1.165, 1.54) is 16.9 Å². The Hall–Kier alpha value is -2.11. The Bertz CT molecular complexity index is 515. The third-order valence-electron chi connectivity index (χ3n) is 2.51. The van der Waals surface area contributed by atoms with E-state index in [1.807, 2.05) is 4.57 Å². The largest absolute Gasteiger partial charge is 0.477 e. The Labute approximate surface area is 98.5 Å². The molecule has 0 fully saturated rings. The van der Waals surface area contributed by atoms with E-state index < -0.39 is 5.97 Å². The van der Waals surface area contributed by atoms with Crippen molar-refractivity contribution in [2.45, 2.75) is 26.4 Å². The molecule has 6 nitrogen and oxygen atoms in total. The highest BCUT2D eigenvalue weighted by Gasteiger charge is 2.11. The standard InChI is InChI=1S/C11H14N4O2/c1-2-5-14-8-12-6-9(14)7-15-10(11(16)17)3-4-13-15/h3-4,6,8H,2,5,7H2,1H3,(H,16,17). The molecule has 0 atom stereocenters. The molecule has 90 valence electrons. The molecule has 2 heterocycles. The van der Waals surface area contributed by atoms with E-state index in [0.717, 1.165) is 18.7 Å². The molecule has 0 aliphatic carbocycles. The highest BCUT2D eigenvalue weighted by Crippen LogP contribution is 2.06. The molecule has 0 radical (unpaired) electrons. The number of hydrogen-bond acceptors (Lipinski definition) is 3. The summed E-state index contributed by atoms with van der Waals surface area (Å²) in [6, 6.07) is 1.49. The van der Waals surface area contributed by atoms with Crippen molar-refractivity contribution in [1.82, 2.24) is 19.3 Å². The molecule has 0 aliphatic heterocycles. The van der Waals surface area contributed by atoms with Crippen LogP contribution in [0.25, 0.3) is 0 Å². The molecule has 0 aromatic carbocycles. The maximum absolute atomic E-state index is 10.9. The van der Waals surface area contributed by atoms with Gasteiger partial charge in [0.25, 0.3) is 0 Å².